The quantitative estimate of drug-likeness (QED) is 0.634. The molecule has 0 aromatic rings. The number of rotatable bonds is 3. The Balaban J connectivity index is 2.32. The van der Waals surface area contributed by atoms with Gasteiger partial charge in [-0.2, -0.15) is 0 Å². The highest BCUT2D eigenvalue weighted by molar-refractivity contribution is 5.82. The SMILES string of the molecule is CC(C)[C@H](N)C(=O)NC1CC=CC1. The summed E-state index contributed by atoms with van der Waals surface area (Å²) in [5.74, 6) is 0.179. The predicted molar refractivity (Wildman–Crippen MR) is 53.1 cm³/mol. The van der Waals surface area contributed by atoms with E-state index in [0.717, 1.165) is 12.8 Å². The minimum absolute atomic E-state index is 0.0244. The van der Waals surface area contributed by atoms with E-state index < -0.39 is 0 Å². The van der Waals surface area contributed by atoms with E-state index in [9.17, 15) is 4.79 Å². The van der Waals surface area contributed by atoms with Crippen LogP contribution in [0.15, 0.2) is 12.2 Å². The second-order valence-electron chi connectivity index (χ2n) is 3.92. The minimum Gasteiger partial charge on any atom is -0.351 e. The zero-order valence-corrected chi connectivity index (χ0v) is 8.29. The fourth-order valence-electron chi connectivity index (χ4n) is 1.34. The molecule has 3 N–H and O–H groups in total. The van der Waals surface area contributed by atoms with Crippen LogP contribution in [0.25, 0.3) is 0 Å². The molecule has 3 nitrogen and oxygen atoms in total. The molecule has 0 saturated heterocycles. The van der Waals surface area contributed by atoms with Gasteiger partial charge < -0.3 is 11.1 Å². The molecule has 1 amide bonds. The van der Waals surface area contributed by atoms with Gasteiger partial charge in [-0.1, -0.05) is 26.0 Å². The van der Waals surface area contributed by atoms with E-state index in [1.54, 1.807) is 0 Å². The summed E-state index contributed by atoms with van der Waals surface area (Å²) in [7, 11) is 0. The lowest BCUT2D eigenvalue weighted by Gasteiger charge is -2.18. The molecule has 0 spiro atoms. The molecule has 1 rings (SSSR count). The Hall–Kier alpha value is -0.830. The van der Waals surface area contributed by atoms with Gasteiger partial charge >= 0.3 is 0 Å². The van der Waals surface area contributed by atoms with Crippen LogP contribution in [0.4, 0.5) is 0 Å². The Morgan fingerprint density at radius 2 is 2.00 bits per heavy atom. The maximum Gasteiger partial charge on any atom is 0.237 e. The molecule has 0 radical (unpaired) electrons. The van der Waals surface area contributed by atoms with Crippen molar-refractivity contribution >= 4 is 5.91 Å². The Morgan fingerprint density at radius 1 is 1.46 bits per heavy atom. The molecular formula is C10H18N2O. The van der Waals surface area contributed by atoms with Crippen molar-refractivity contribution in [1.82, 2.24) is 5.32 Å². The van der Waals surface area contributed by atoms with E-state index in [1.807, 2.05) is 13.8 Å². The van der Waals surface area contributed by atoms with Crippen LogP contribution in [-0.2, 0) is 4.79 Å². The van der Waals surface area contributed by atoms with Crippen LogP contribution in [0.1, 0.15) is 26.7 Å². The number of hydrogen-bond donors (Lipinski definition) is 2. The molecule has 1 aliphatic carbocycles. The highest BCUT2D eigenvalue weighted by Gasteiger charge is 2.20. The summed E-state index contributed by atoms with van der Waals surface area (Å²) in [6.07, 6.45) is 6.06. The van der Waals surface area contributed by atoms with Gasteiger partial charge in [0.15, 0.2) is 0 Å². The van der Waals surface area contributed by atoms with Crippen molar-refractivity contribution in [2.75, 3.05) is 0 Å². The van der Waals surface area contributed by atoms with Gasteiger partial charge in [0.1, 0.15) is 0 Å². The van der Waals surface area contributed by atoms with Crippen molar-refractivity contribution in [1.29, 1.82) is 0 Å². The van der Waals surface area contributed by atoms with Gasteiger partial charge in [-0.15, -0.1) is 0 Å². The topological polar surface area (TPSA) is 55.1 Å². The smallest absolute Gasteiger partial charge is 0.237 e. The number of nitrogens with one attached hydrogen (secondary N) is 1. The summed E-state index contributed by atoms with van der Waals surface area (Å²) in [5.41, 5.74) is 5.71. The van der Waals surface area contributed by atoms with Crippen LogP contribution in [-0.4, -0.2) is 18.0 Å². The fraction of sp³-hybridized carbons (Fsp3) is 0.700. The lowest BCUT2D eigenvalue weighted by Crippen LogP contribution is -2.47. The average molecular weight is 182 g/mol. The number of amides is 1. The van der Waals surface area contributed by atoms with Crippen LogP contribution in [0.5, 0.6) is 0 Å². The highest BCUT2D eigenvalue weighted by Crippen LogP contribution is 2.09. The predicted octanol–water partition coefficient (Wildman–Crippen LogP) is 0.804. The molecule has 1 aliphatic rings. The first kappa shape index (κ1) is 10.3. The van der Waals surface area contributed by atoms with Crippen LogP contribution in [0, 0.1) is 5.92 Å². The van der Waals surface area contributed by atoms with Crippen LogP contribution in [0.3, 0.4) is 0 Å². The molecule has 0 fully saturated rings. The van der Waals surface area contributed by atoms with Gasteiger partial charge in [0.2, 0.25) is 5.91 Å². The molecule has 13 heavy (non-hydrogen) atoms. The van der Waals surface area contributed by atoms with Crippen molar-refractivity contribution in [3.63, 3.8) is 0 Å². The van der Waals surface area contributed by atoms with Gasteiger partial charge in [0, 0.05) is 6.04 Å². The van der Waals surface area contributed by atoms with Crippen molar-refractivity contribution in [3.05, 3.63) is 12.2 Å². The summed E-state index contributed by atoms with van der Waals surface area (Å²) in [5, 5.41) is 2.93. The number of carbonyl (C=O) groups excluding carboxylic acids is 1. The molecule has 74 valence electrons. The molecule has 0 aromatic heterocycles. The summed E-state index contributed by atoms with van der Waals surface area (Å²) in [6.45, 7) is 3.91. The second-order valence-corrected chi connectivity index (χ2v) is 3.92. The van der Waals surface area contributed by atoms with E-state index >= 15 is 0 Å². The Morgan fingerprint density at radius 3 is 2.46 bits per heavy atom. The Kier molecular flexibility index (Phi) is 3.48. The third-order valence-corrected chi connectivity index (χ3v) is 2.38. The summed E-state index contributed by atoms with van der Waals surface area (Å²) in [4.78, 5) is 11.5. The van der Waals surface area contributed by atoms with Crippen molar-refractivity contribution in [2.24, 2.45) is 11.7 Å². The molecule has 0 saturated carbocycles. The standard InChI is InChI=1S/C10H18N2O/c1-7(2)9(11)10(13)12-8-5-3-4-6-8/h3-4,7-9H,5-6,11H2,1-2H3,(H,12,13)/t9-/m0/s1. The van der Waals surface area contributed by atoms with Crippen molar-refractivity contribution in [3.8, 4) is 0 Å². The molecule has 0 heterocycles. The lowest BCUT2D eigenvalue weighted by atomic mass is 10.0. The molecule has 3 heteroatoms. The zero-order valence-electron chi connectivity index (χ0n) is 8.29. The highest BCUT2D eigenvalue weighted by atomic mass is 16.2. The zero-order chi connectivity index (χ0) is 9.84. The van der Waals surface area contributed by atoms with Crippen LogP contribution < -0.4 is 11.1 Å². The first-order valence-electron chi connectivity index (χ1n) is 4.82. The van der Waals surface area contributed by atoms with Crippen LogP contribution >= 0.6 is 0 Å². The van der Waals surface area contributed by atoms with E-state index in [1.165, 1.54) is 0 Å². The first-order chi connectivity index (χ1) is 6.11. The van der Waals surface area contributed by atoms with Gasteiger partial charge in [-0.25, -0.2) is 0 Å². The molecule has 0 unspecified atom stereocenters. The van der Waals surface area contributed by atoms with Crippen LogP contribution in [0.2, 0.25) is 0 Å². The Bertz CT molecular complexity index is 203. The third-order valence-electron chi connectivity index (χ3n) is 2.38. The first-order valence-corrected chi connectivity index (χ1v) is 4.82. The monoisotopic (exact) mass is 182 g/mol. The van der Waals surface area contributed by atoms with E-state index in [0.29, 0.717) is 0 Å². The van der Waals surface area contributed by atoms with Gasteiger partial charge in [-0.05, 0) is 18.8 Å². The number of hydrogen-bond acceptors (Lipinski definition) is 2. The van der Waals surface area contributed by atoms with Gasteiger partial charge in [0.25, 0.3) is 0 Å². The molecule has 0 aliphatic heterocycles. The largest absolute Gasteiger partial charge is 0.351 e. The molecule has 0 bridgehead atoms. The number of nitrogens with two attached hydrogens (primary N) is 1. The third kappa shape index (κ3) is 2.84. The number of carbonyl (C=O) groups is 1. The molecule has 1 atom stereocenters. The lowest BCUT2D eigenvalue weighted by molar-refractivity contribution is -0.123. The van der Waals surface area contributed by atoms with Crippen molar-refractivity contribution < 1.29 is 4.79 Å². The van der Waals surface area contributed by atoms with E-state index in [-0.39, 0.29) is 23.9 Å². The fourth-order valence-corrected chi connectivity index (χ4v) is 1.34. The maximum atomic E-state index is 11.5. The second kappa shape index (κ2) is 4.42. The van der Waals surface area contributed by atoms with Gasteiger partial charge in [-0.3, -0.25) is 4.79 Å². The molecule has 0 aromatic carbocycles. The van der Waals surface area contributed by atoms with E-state index in [2.05, 4.69) is 17.5 Å². The van der Waals surface area contributed by atoms with Gasteiger partial charge in [0.05, 0.1) is 6.04 Å². The minimum atomic E-state index is -0.374. The Labute approximate surface area is 79.4 Å². The molecular weight excluding hydrogens is 164 g/mol. The average Bonchev–Trinajstić information content (AvgIpc) is 2.55. The van der Waals surface area contributed by atoms with E-state index in [4.69, 9.17) is 5.73 Å². The summed E-state index contributed by atoms with van der Waals surface area (Å²) < 4.78 is 0. The normalized spacial score (nSPS) is 19.4. The summed E-state index contributed by atoms with van der Waals surface area (Å²) >= 11 is 0. The maximum absolute atomic E-state index is 11.5. The van der Waals surface area contributed by atoms with Crippen molar-refractivity contribution in [2.45, 2.75) is 38.8 Å². The summed E-state index contributed by atoms with van der Waals surface area (Å²) in [6, 6.07) is -0.0992.